The van der Waals surface area contributed by atoms with Crippen LogP contribution in [0, 0.1) is 0 Å². The number of nitrogens with one attached hydrogen (secondary N) is 1. The molecule has 0 atom stereocenters. The average Bonchev–Trinajstić information content (AvgIpc) is 2.28. The van der Waals surface area contributed by atoms with Gasteiger partial charge in [0, 0.05) is 16.9 Å². The Kier molecular flexibility index (Phi) is 4.87. The van der Waals surface area contributed by atoms with Crippen molar-refractivity contribution in [2.45, 2.75) is 31.1 Å². The lowest BCUT2D eigenvalue weighted by molar-refractivity contribution is 0.192. The molecule has 94 valence electrons. The molecule has 2 N–H and O–H groups in total. The molecule has 0 saturated carbocycles. The van der Waals surface area contributed by atoms with Gasteiger partial charge in [-0.2, -0.15) is 0 Å². The Bertz CT molecular complexity index is 374. The van der Waals surface area contributed by atoms with E-state index in [4.69, 9.17) is 5.11 Å². The van der Waals surface area contributed by atoms with Gasteiger partial charge in [-0.05, 0) is 23.4 Å². The van der Waals surface area contributed by atoms with Crippen LogP contribution in [0.4, 0.5) is 4.79 Å². The van der Waals surface area contributed by atoms with Gasteiger partial charge in [-0.1, -0.05) is 32.9 Å². The average molecular weight is 253 g/mol. The summed E-state index contributed by atoms with van der Waals surface area (Å²) < 4.78 is 0. The molecule has 0 bridgehead atoms. The van der Waals surface area contributed by atoms with Crippen LogP contribution in [0.5, 0.6) is 0 Å². The van der Waals surface area contributed by atoms with E-state index >= 15 is 0 Å². The molecule has 0 unspecified atom stereocenters. The molecule has 0 fully saturated rings. The number of benzene rings is 1. The third-order valence-corrected chi connectivity index (χ3v) is 3.52. The van der Waals surface area contributed by atoms with E-state index in [9.17, 15) is 4.79 Å². The molecule has 0 aliphatic carbocycles. The molecule has 17 heavy (non-hydrogen) atoms. The first-order chi connectivity index (χ1) is 7.95. The summed E-state index contributed by atoms with van der Waals surface area (Å²) in [6.07, 6.45) is -0.976. The molecule has 3 nitrogen and oxygen atoms in total. The zero-order chi connectivity index (χ0) is 12.9. The Morgan fingerprint density at radius 2 is 1.94 bits per heavy atom. The summed E-state index contributed by atoms with van der Waals surface area (Å²) in [7, 11) is 0. The molecular weight excluding hydrogens is 234 g/mol. The van der Waals surface area contributed by atoms with Gasteiger partial charge in [-0.3, -0.25) is 0 Å². The summed E-state index contributed by atoms with van der Waals surface area (Å²) in [5.74, 6) is 1.06. The molecule has 4 heteroatoms. The standard InChI is InChI=1S/C13H19NO2S/c1-4-17-11-7-5-10(6-8-11)13(2,3)9-14-12(15)16/h5-8,14H,4,9H2,1-3H3,(H,15,16). The summed E-state index contributed by atoms with van der Waals surface area (Å²) in [5.41, 5.74) is 0.958. The maximum Gasteiger partial charge on any atom is 0.404 e. The highest BCUT2D eigenvalue weighted by atomic mass is 32.2. The summed E-state index contributed by atoms with van der Waals surface area (Å²) in [4.78, 5) is 11.8. The van der Waals surface area contributed by atoms with Crippen molar-refractivity contribution < 1.29 is 9.90 Å². The highest BCUT2D eigenvalue weighted by molar-refractivity contribution is 7.99. The van der Waals surface area contributed by atoms with E-state index in [1.54, 1.807) is 11.8 Å². The highest BCUT2D eigenvalue weighted by Gasteiger charge is 2.21. The minimum atomic E-state index is -0.976. The van der Waals surface area contributed by atoms with Gasteiger partial charge in [-0.25, -0.2) is 4.79 Å². The van der Waals surface area contributed by atoms with Crippen molar-refractivity contribution >= 4 is 17.9 Å². The van der Waals surface area contributed by atoms with E-state index < -0.39 is 6.09 Å². The van der Waals surface area contributed by atoms with Crippen molar-refractivity contribution in [3.63, 3.8) is 0 Å². The number of thioether (sulfide) groups is 1. The van der Waals surface area contributed by atoms with Crippen LogP contribution in [-0.2, 0) is 5.41 Å². The Morgan fingerprint density at radius 1 is 1.35 bits per heavy atom. The van der Waals surface area contributed by atoms with Crippen molar-refractivity contribution in [3.8, 4) is 0 Å². The Hall–Kier alpha value is -1.16. The molecule has 0 aliphatic rings. The van der Waals surface area contributed by atoms with Crippen molar-refractivity contribution in [1.82, 2.24) is 5.32 Å². The first-order valence-electron chi connectivity index (χ1n) is 5.66. The largest absolute Gasteiger partial charge is 0.465 e. The minimum Gasteiger partial charge on any atom is -0.465 e. The molecular formula is C13H19NO2S. The Morgan fingerprint density at radius 3 is 2.41 bits per heavy atom. The molecule has 0 heterocycles. The van der Waals surface area contributed by atoms with Crippen molar-refractivity contribution in [1.29, 1.82) is 0 Å². The first-order valence-corrected chi connectivity index (χ1v) is 6.64. The molecule has 1 rings (SSSR count). The molecule has 1 aromatic carbocycles. The number of carboxylic acid groups (broad SMARTS) is 1. The second-order valence-corrected chi connectivity index (χ2v) is 5.84. The summed E-state index contributed by atoms with van der Waals surface area (Å²) in [5, 5.41) is 11.1. The molecule has 1 aromatic rings. The third-order valence-electron chi connectivity index (χ3n) is 2.63. The van der Waals surface area contributed by atoms with E-state index in [0.717, 1.165) is 11.3 Å². The van der Waals surface area contributed by atoms with E-state index in [-0.39, 0.29) is 5.41 Å². The normalized spacial score (nSPS) is 11.2. The number of hydrogen-bond donors (Lipinski definition) is 2. The van der Waals surface area contributed by atoms with Gasteiger partial charge in [0.15, 0.2) is 0 Å². The van der Waals surface area contributed by atoms with Gasteiger partial charge < -0.3 is 10.4 Å². The van der Waals surface area contributed by atoms with Gasteiger partial charge in [-0.15, -0.1) is 11.8 Å². The van der Waals surface area contributed by atoms with Crippen LogP contribution >= 0.6 is 11.8 Å². The lowest BCUT2D eigenvalue weighted by Gasteiger charge is -2.25. The van der Waals surface area contributed by atoms with Crippen LogP contribution in [0.15, 0.2) is 29.2 Å². The van der Waals surface area contributed by atoms with Gasteiger partial charge in [0.05, 0.1) is 0 Å². The van der Waals surface area contributed by atoms with Crippen LogP contribution in [0.2, 0.25) is 0 Å². The predicted octanol–water partition coefficient (Wildman–Crippen LogP) is 3.34. The lowest BCUT2D eigenvalue weighted by Crippen LogP contribution is -2.35. The topological polar surface area (TPSA) is 49.3 Å². The second kappa shape index (κ2) is 5.96. The Balaban J connectivity index is 2.73. The summed E-state index contributed by atoms with van der Waals surface area (Å²) in [6.45, 7) is 6.61. The van der Waals surface area contributed by atoms with E-state index in [1.807, 2.05) is 13.8 Å². The number of amides is 1. The monoisotopic (exact) mass is 253 g/mol. The first kappa shape index (κ1) is 13.9. The zero-order valence-electron chi connectivity index (χ0n) is 10.5. The fourth-order valence-electron chi connectivity index (χ4n) is 1.57. The van der Waals surface area contributed by atoms with Gasteiger partial charge >= 0.3 is 6.09 Å². The van der Waals surface area contributed by atoms with Gasteiger partial charge in [0.1, 0.15) is 0 Å². The van der Waals surface area contributed by atoms with Gasteiger partial charge in [0.25, 0.3) is 0 Å². The molecule has 0 aliphatic heterocycles. The molecule has 0 spiro atoms. The van der Waals surface area contributed by atoms with Gasteiger partial charge in [0.2, 0.25) is 0 Å². The van der Waals surface area contributed by atoms with Crippen LogP contribution < -0.4 is 5.32 Å². The zero-order valence-corrected chi connectivity index (χ0v) is 11.3. The van der Waals surface area contributed by atoms with Crippen LogP contribution in [0.3, 0.4) is 0 Å². The van der Waals surface area contributed by atoms with Crippen molar-refractivity contribution in [2.75, 3.05) is 12.3 Å². The number of rotatable bonds is 5. The van der Waals surface area contributed by atoms with E-state index in [2.05, 4.69) is 36.5 Å². The SMILES string of the molecule is CCSc1ccc(C(C)(C)CNC(=O)O)cc1. The van der Waals surface area contributed by atoms with Crippen LogP contribution in [0.25, 0.3) is 0 Å². The maximum atomic E-state index is 10.5. The minimum absolute atomic E-state index is 0.187. The number of hydrogen-bond acceptors (Lipinski definition) is 2. The molecule has 0 saturated heterocycles. The Labute approximate surface area is 107 Å². The molecule has 1 amide bonds. The quantitative estimate of drug-likeness (QED) is 0.791. The van der Waals surface area contributed by atoms with Crippen molar-refractivity contribution in [2.24, 2.45) is 0 Å². The second-order valence-electron chi connectivity index (χ2n) is 4.50. The fourth-order valence-corrected chi connectivity index (χ4v) is 2.23. The smallest absolute Gasteiger partial charge is 0.404 e. The summed E-state index contributed by atoms with van der Waals surface area (Å²) >= 11 is 1.80. The van der Waals surface area contributed by atoms with E-state index in [1.165, 1.54) is 4.90 Å². The van der Waals surface area contributed by atoms with Crippen molar-refractivity contribution in [3.05, 3.63) is 29.8 Å². The maximum absolute atomic E-state index is 10.5. The van der Waals surface area contributed by atoms with Crippen LogP contribution in [-0.4, -0.2) is 23.5 Å². The summed E-state index contributed by atoms with van der Waals surface area (Å²) in [6, 6.07) is 8.32. The number of carbonyl (C=O) groups is 1. The van der Waals surface area contributed by atoms with E-state index in [0.29, 0.717) is 6.54 Å². The molecule has 0 aromatic heterocycles. The predicted molar refractivity (Wildman–Crippen MR) is 71.9 cm³/mol. The van der Waals surface area contributed by atoms with Crippen LogP contribution in [0.1, 0.15) is 26.3 Å². The fraction of sp³-hybridized carbons (Fsp3) is 0.462. The highest BCUT2D eigenvalue weighted by Crippen LogP contribution is 2.25. The lowest BCUT2D eigenvalue weighted by atomic mass is 9.85. The third kappa shape index (κ3) is 4.30. The molecule has 0 radical (unpaired) electrons.